The molecule has 0 aliphatic carbocycles. The zero-order valence-electron chi connectivity index (χ0n) is 23.5. The van der Waals surface area contributed by atoms with Crippen LogP contribution in [-0.2, 0) is 25.5 Å². The van der Waals surface area contributed by atoms with Crippen molar-refractivity contribution in [1.29, 1.82) is 0 Å². The van der Waals surface area contributed by atoms with Crippen LogP contribution in [0.3, 0.4) is 0 Å². The number of nitrogens with one attached hydrogen (secondary N) is 1. The van der Waals surface area contributed by atoms with E-state index in [0.29, 0.717) is 17.1 Å². The number of carbonyl (C=O) groups is 3. The third-order valence-electron chi connectivity index (χ3n) is 7.55. The first kappa shape index (κ1) is 28.3. The number of amides is 2. The molecule has 2 aliphatic rings. The van der Waals surface area contributed by atoms with E-state index in [9.17, 15) is 14.4 Å². The number of ether oxygens (including phenoxy) is 2. The number of fused-ring (bicyclic) bond motifs is 1. The first-order valence-corrected chi connectivity index (χ1v) is 15.0. The number of hydrogen-bond donors (Lipinski definition) is 1. The molecule has 2 aliphatic heterocycles. The van der Waals surface area contributed by atoms with Gasteiger partial charge in [-0.15, -0.1) is 11.8 Å². The number of thioether (sulfide) groups is 1. The summed E-state index contributed by atoms with van der Waals surface area (Å²) in [6, 6.07) is 35.1. The van der Waals surface area contributed by atoms with Gasteiger partial charge < -0.3 is 14.8 Å². The minimum Gasteiger partial charge on any atom is -0.497 e. The molecule has 2 atom stereocenters. The van der Waals surface area contributed by atoms with Gasteiger partial charge in [-0.1, -0.05) is 103 Å². The molecule has 0 radical (unpaired) electrons. The van der Waals surface area contributed by atoms with Crippen LogP contribution in [0.25, 0.3) is 5.57 Å². The molecule has 7 nitrogen and oxygen atoms in total. The standard InChI is InChI=1S/C35H30N2O5S/c1-41-27-19-17-24(18-20-27)28-22-43-34-30(36-29(38)21-23-11-5-2-6-12-23)33(39)37(34)31(28)35(40)42-32(25-13-7-3-8-14-25)26-15-9-4-10-16-26/h2-20,30,32,34H,21-22H2,1H3,(H,36,38)/t30?,34-/m1/s1. The number of esters is 1. The summed E-state index contributed by atoms with van der Waals surface area (Å²) in [4.78, 5) is 42.1. The quantitative estimate of drug-likeness (QED) is 0.208. The first-order chi connectivity index (χ1) is 21.0. The van der Waals surface area contributed by atoms with E-state index < -0.39 is 23.5 Å². The summed E-state index contributed by atoms with van der Waals surface area (Å²) in [5.41, 5.74) is 4.17. The van der Waals surface area contributed by atoms with E-state index in [1.165, 1.54) is 16.7 Å². The third kappa shape index (κ3) is 5.92. The summed E-state index contributed by atoms with van der Waals surface area (Å²) in [7, 11) is 1.59. The normalized spacial score (nSPS) is 17.6. The first-order valence-electron chi connectivity index (χ1n) is 14.0. The Kier molecular flexibility index (Phi) is 8.29. The summed E-state index contributed by atoms with van der Waals surface area (Å²) in [5.74, 6) is -0.0439. The van der Waals surface area contributed by atoms with Gasteiger partial charge in [0.05, 0.1) is 13.5 Å². The zero-order chi connectivity index (χ0) is 29.8. The van der Waals surface area contributed by atoms with Gasteiger partial charge in [0.2, 0.25) is 5.91 Å². The number of benzene rings is 4. The predicted molar refractivity (Wildman–Crippen MR) is 166 cm³/mol. The fraction of sp³-hybridized carbons (Fsp3) is 0.171. The summed E-state index contributed by atoms with van der Waals surface area (Å²) in [6.07, 6.45) is -0.509. The van der Waals surface area contributed by atoms with Crippen LogP contribution >= 0.6 is 11.8 Å². The second-order valence-corrected chi connectivity index (χ2v) is 11.4. The number of rotatable bonds is 9. The monoisotopic (exact) mass is 590 g/mol. The molecule has 1 N–H and O–H groups in total. The molecular formula is C35H30N2O5S. The Morgan fingerprint density at radius 3 is 2.02 bits per heavy atom. The van der Waals surface area contributed by atoms with Crippen molar-refractivity contribution >= 4 is 35.1 Å². The second-order valence-electron chi connectivity index (χ2n) is 10.3. The van der Waals surface area contributed by atoms with Crippen molar-refractivity contribution in [1.82, 2.24) is 10.2 Å². The van der Waals surface area contributed by atoms with Crippen molar-refractivity contribution in [3.8, 4) is 5.75 Å². The van der Waals surface area contributed by atoms with Gasteiger partial charge in [0.1, 0.15) is 22.9 Å². The molecule has 2 amide bonds. The smallest absolute Gasteiger partial charge is 0.356 e. The maximum atomic E-state index is 14.2. The molecule has 2 heterocycles. The van der Waals surface area contributed by atoms with Crippen molar-refractivity contribution in [2.24, 2.45) is 0 Å². The van der Waals surface area contributed by atoms with Crippen LogP contribution in [0.2, 0.25) is 0 Å². The van der Waals surface area contributed by atoms with Crippen LogP contribution < -0.4 is 10.1 Å². The van der Waals surface area contributed by atoms with E-state index in [2.05, 4.69) is 5.32 Å². The van der Waals surface area contributed by atoms with Gasteiger partial charge in [0.25, 0.3) is 5.91 Å². The summed E-state index contributed by atoms with van der Waals surface area (Å²) in [5, 5.41) is 2.47. The number of β-lactam (4-membered cyclic amide) rings is 1. The Morgan fingerprint density at radius 1 is 0.860 bits per heavy atom. The fourth-order valence-corrected chi connectivity index (χ4v) is 6.75. The van der Waals surface area contributed by atoms with Crippen LogP contribution in [0.5, 0.6) is 5.75 Å². The van der Waals surface area contributed by atoms with Gasteiger partial charge in [0.15, 0.2) is 6.10 Å². The maximum Gasteiger partial charge on any atom is 0.356 e. The van der Waals surface area contributed by atoms with E-state index >= 15 is 0 Å². The van der Waals surface area contributed by atoms with Gasteiger partial charge in [-0.25, -0.2) is 4.79 Å². The second kappa shape index (κ2) is 12.6. The number of hydrogen-bond acceptors (Lipinski definition) is 6. The molecule has 1 unspecified atom stereocenters. The highest BCUT2D eigenvalue weighted by atomic mass is 32.2. The lowest BCUT2D eigenvalue weighted by atomic mass is 9.98. The predicted octanol–water partition coefficient (Wildman–Crippen LogP) is 5.38. The molecule has 6 rings (SSSR count). The van der Waals surface area contributed by atoms with Crippen molar-refractivity contribution in [3.05, 3.63) is 143 Å². The minimum atomic E-state index is -0.736. The van der Waals surface area contributed by atoms with Crippen molar-refractivity contribution in [2.45, 2.75) is 23.9 Å². The van der Waals surface area contributed by atoms with Crippen LogP contribution in [-0.4, -0.2) is 47.0 Å². The zero-order valence-corrected chi connectivity index (χ0v) is 24.3. The minimum absolute atomic E-state index is 0.166. The van der Waals surface area contributed by atoms with Crippen molar-refractivity contribution < 1.29 is 23.9 Å². The lowest BCUT2D eigenvalue weighted by Crippen LogP contribution is -2.70. The average molecular weight is 591 g/mol. The van der Waals surface area contributed by atoms with Gasteiger partial charge in [-0.3, -0.25) is 14.5 Å². The maximum absolute atomic E-state index is 14.2. The van der Waals surface area contributed by atoms with Crippen LogP contribution in [0, 0.1) is 0 Å². The average Bonchev–Trinajstić information content (AvgIpc) is 3.06. The fourth-order valence-electron chi connectivity index (χ4n) is 5.37. The van der Waals surface area contributed by atoms with E-state index in [0.717, 1.165) is 22.3 Å². The summed E-state index contributed by atoms with van der Waals surface area (Å²) < 4.78 is 11.6. The Balaban J connectivity index is 1.32. The highest BCUT2D eigenvalue weighted by Gasteiger charge is 2.54. The van der Waals surface area contributed by atoms with Crippen molar-refractivity contribution in [3.63, 3.8) is 0 Å². The van der Waals surface area contributed by atoms with E-state index in [1.807, 2.05) is 115 Å². The van der Waals surface area contributed by atoms with E-state index in [4.69, 9.17) is 9.47 Å². The molecule has 0 spiro atoms. The third-order valence-corrected chi connectivity index (χ3v) is 8.83. The van der Waals surface area contributed by atoms with Crippen molar-refractivity contribution in [2.75, 3.05) is 12.9 Å². The molecule has 1 saturated heterocycles. The Hall–Kier alpha value is -4.82. The summed E-state index contributed by atoms with van der Waals surface area (Å²) >= 11 is 1.51. The molecule has 4 aromatic carbocycles. The number of methoxy groups -OCH3 is 1. The molecule has 8 heteroatoms. The Labute approximate surface area is 254 Å². The van der Waals surface area contributed by atoms with Crippen LogP contribution in [0.1, 0.15) is 28.4 Å². The molecule has 4 aromatic rings. The topological polar surface area (TPSA) is 84.9 Å². The Morgan fingerprint density at radius 2 is 1.44 bits per heavy atom. The van der Waals surface area contributed by atoms with E-state index in [1.54, 1.807) is 7.11 Å². The van der Waals surface area contributed by atoms with Gasteiger partial charge in [-0.2, -0.15) is 0 Å². The van der Waals surface area contributed by atoms with Crippen LogP contribution in [0.15, 0.2) is 121 Å². The molecule has 216 valence electrons. The molecule has 0 aromatic heterocycles. The highest BCUT2D eigenvalue weighted by Crippen LogP contribution is 2.44. The molecule has 0 saturated carbocycles. The number of nitrogens with zero attached hydrogens (tertiary/aromatic N) is 1. The largest absolute Gasteiger partial charge is 0.497 e. The van der Waals surface area contributed by atoms with E-state index in [-0.39, 0.29) is 23.9 Å². The molecular weight excluding hydrogens is 560 g/mol. The SMILES string of the molecule is COc1ccc(C2=C(C(=O)OC(c3ccccc3)c3ccccc3)N3C(=O)C(NC(=O)Cc4ccccc4)[C@H]3SC2)cc1. The van der Waals surface area contributed by atoms with Crippen LogP contribution in [0.4, 0.5) is 0 Å². The van der Waals surface area contributed by atoms with Gasteiger partial charge in [-0.05, 0) is 34.4 Å². The molecule has 43 heavy (non-hydrogen) atoms. The van der Waals surface area contributed by atoms with Gasteiger partial charge >= 0.3 is 5.97 Å². The molecule has 0 bridgehead atoms. The summed E-state index contributed by atoms with van der Waals surface area (Å²) in [6.45, 7) is 0. The lowest BCUT2D eigenvalue weighted by molar-refractivity contribution is -0.154. The highest BCUT2D eigenvalue weighted by molar-refractivity contribution is 8.00. The molecule has 1 fully saturated rings. The van der Waals surface area contributed by atoms with Gasteiger partial charge in [0, 0.05) is 11.3 Å². The Bertz CT molecular complexity index is 1600. The lowest BCUT2D eigenvalue weighted by Gasteiger charge is -2.50. The number of carbonyl (C=O) groups excluding carboxylic acids is 3.